The molecule has 0 radical (unpaired) electrons. The van der Waals surface area contributed by atoms with E-state index in [1.165, 1.54) is 11.3 Å². The van der Waals surface area contributed by atoms with E-state index >= 15 is 0 Å². The molecule has 82 valence electrons. The van der Waals surface area contributed by atoms with Gasteiger partial charge < -0.3 is 10.1 Å². The van der Waals surface area contributed by atoms with Gasteiger partial charge in [-0.2, -0.15) is 0 Å². The Labute approximate surface area is 91.6 Å². The molecular formula is C13H19NO. The van der Waals surface area contributed by atoms with Crippen molar-refractivity contribution in [3.05, 3.63) is 23.8 Å². The van der Waals surface area contributed by atoms with Crippen LogP contribution in [0.3, 0.4) is 0 Å². The number of aryl methyl sites for hydroxylation is 1. The van der Waals surface area contributed by atoms with Gasteiger partial charge in [-0.05, 0) is 42.5 Å². The second kappa shape index (κ2) is 4.56. The third kappa shape index (κ3) is 2.65. The summed E-state index contributed by atoms with van der Waals surface area (Å²) in [6, 6.07) is 6.40. The van der Waals surface area contributed by atoms with Gasteiger partial charge >= 0.3 is 0 Å². The highest BCUT2D eigenvalue weighted by molar-refractivity contribution is 5.51. The third-order valence-electron chi connectivity index (χ3n) is 2.62. The summed E-state index contributed by atoms with van der Waals surface area (Å²) >= 11 is 0. The number of hydrogen-bond donors (Lipinski definition) is 1. The van der Waals surface area contributed by atoms with E-state index in [1.807, 2.05) is 0 Å². The minimum atomic E-state index is 0.678. The number of ether oxygens (including phenoxy) is 1. The van der Waals surface area contributed by atoms with Gasteiger partial charge in [0, 0.05) is 12.2 Å². The van der Waals surface area contributed by atoms with Crippen LogP contribution in [0, 0.1) is 5.92 Å². The van der Waals surface area contributed by atoms with Gasteiger partial charge in [0.2, 0.25) is 0 Å². The lowest BCUT2D eigenvalue weighted by atomic mass is 10.1. The molecule has 1 aliphatic heterocycles. The van der Waals surface area contributed by atoms with E-state index in [-0.39, 0.29) is 0 Å². The van der Waals surface area contributed by atoms with Crippen LogP contribution in [0.5, 0.6) is 5.75 Å². The van der Waals surface area contributed by atoms with Crippen molar-refractivity contribution in [2.75, 3.05) is 18.5 Å². The molecule has 1 aliphatic rings. The largest absolute Gasteiger partial charge is 0.493 e. The van der Waals surface area contributed by atoms with Gasteiger partial charge in [-0.15, -0.1) is 0 Å². The quantitative estimate of drug-likeness (QED) is 0.818. The Morgan fingerprint density at radius 3 is 3.07 bits per heavy atom. The number of benzene rings is 1. The van der Waals surface area contributed by atoms with Crippen molar-refractivity contribution >= 4 is 5.69 Å². The van der Waals surface area contributed by atoms with Crippen LogP contribution >= 0.6 is 0 Å². The number of hydrogen-bond acceptors (Lipinski definition) is 2. The van der Waals surface area contributed by atoms with Gasteiger partial charge in [-0.25, -0.2) is 0 Å². The Bertz CT molecular complexity index is 333. The fourth-order valence-corrected chi connectivity index (χ4v) is 1.79. The molecule has 0 unspecified atom stereocenters. The Hall–Kier alpha value is -1.18. The molecule has 0 amide bonds. The standard InChI is InChI=1S/C13H19NO/c1-10(2)9-14-12-5-6-13-11(8-12)4-3-7-15-13/h5-6,8,10,14H,3-4,7,9H2,1-2H3. The Morgan fingerprint density at radius 2 is 2.27 bits per heavy atom. The Balaban J connectivity index is 2.07. The van der Waals surface area contributed by atoms with Crippen LogP contribution in [0.25, 0.3) is 0 Å². The predicted octanol–water partition coefficient (Wildman–Crippen LogP) is 3.08. The maximum absolute atomic E-state index is 5.58. The lowest BCUT2D eigenvalue weighted by Gasteiger charge is -2.18. The van der Waals surface area contributed by atoms with Gasteiger partial charge in [-0.1, -0.05) is 13.8 Å². The van der Waals surface area contributed by atoms with Crippen molar-refractivity contribution in [2.45, 2.75) is 26.7 Å². The molecule has 0 spiro atoms. The average Bonchev–Trinajstić information content (AvgIpc) is 2.26. The molecular weight excluding hydrogens is 186 g/mol. The Kier molecular flexibility index (Phi) is 3.14. The smallest absolute Gasteiger partial charge is 0.122 e. The molecule has 1 N–H and O–H groups in total. The maximum atomic E-state index is 5.58. The molecule has 0 saturated carbocycles. The average molecular weight is 205 g/mol. The lowest BCUT2D eigenvalue weighted by molar-refractivity contribution is 0.288. The number of rotatable bonds is 3. The first kappa shape index (κ1) is 10.3. The lowest BCUT2D eigenvalue weighted by Crippen LogP contribution is -2.11. The normalized spacial score (nSPS) is 14.6. The van der Waals surface area contributed by atoms with Crippen molar-refractivity contribution in [3.63, 3.8) is 0 Å². The zero-order chi connectivity index (χ0) is 10.7. The van der Waals surface area contributed by atoms with Crippen molar-refractivity contribution in [1.82, 2.24) is 0 Å². The topological polar surface area (TPSA) is 21.3 Å². The van der Waals surface area contributed by atoms with Crippen LogP contribution in [-0.2, 0) is 6.42 Å². The van der Waals surface area contributed by atoms with E-state index in [2.05, 4.69) is 37.4 Å². The van der Waals surface area contributed by atoms with Crippen molar-refractivity contribution in [1.29, 1.82) is 0 Å². The Morgan fingerprint density at radius 1 is 1.40 bits per heavy atom. The minimum Gasteiger partial charge on any atom is -0.493 e. The molecule has 1 heterocycles. The molecule has 2 nitrogen and oxygen atoms in total. The molecule has 0 aliphatic carbocycles. The second-order valence-corrected chi connectivity index (χ2v) is 4.55. The molecule has 1 aromatic carbocycles. The maximum Gasteiger partial charge on any atom is 0.122 e. The summed E-state index contributed by atoms with van der Waals surface area (Å²) in [7, 11) is 0. The summed E-state index contributed by atoms with van der Waals surface area (Å²) in [6.45, 7) is 6.33. The summed E-state index contributed by atoms with van der Waals surface area (Å²) in [5.74, 6) is 1.74. The van der Waals surface area contributed by atoms with Crippen molar-refractivity contribution in [2.24, 2.45) is 5.92 Å². The minimum absolute atomic E-state index is 0.678. The van der Waals surface area contributed by atoms with Crippen LogP contribution in [0.2, 0.25) is 0 Å². The highest BCUT2D eigenvalue weighted by Crippen LogP contribution is 2.27. The van der Waals surface area contributed by atoms with Gasteiger partial charge in [0.15, 0.2) is 0 Å². The summed E-state index contributed by atoms with van der Waals surface area (Å²) in [6.07, 6.45) is 2.28. The van der Waals surface area contributed by atoms with E-state index in [9.17, 15) is 0 Å². The molecule has 0 atom stereocenters. The van der Waals surface area contributed by atoms with Crippen LogP contribution < -0.4 is 10.1 Å². The molecule has 1 aromatic rings. The van der Waals surface area contributed by atoms with E-state index in [0.717, 1.165) is 31.7 Å². The van der Waals surface area contributed by atoms with Crippen LogP contribution in [0.15, 0.2) is 18.2 Å². The van der Waals surface area contributed by atoms with Crippen LogP contribution in [-0.4, -0.2) is 13.2 Å². The number of anilines is 1. The molecule has 2 heteroatoms. The molecule has 0 bridgehead atoms. The first-order valence-electron chi connectivity index (χ1n) is 5.75. The van der Waals surface area contributed by atoms with E-state index in [4.69, 9.17) is 4.74 Å². The van der Waals surface area contributed by atoms with Crippen molar-refractivity contribution < 1.29 is 4.74 Å². The molecule has 0 saturated heterocycles. The molecule has 0 fully saturated rings. The summed E-state index contributed by atoms with van der Waals surface area (Å²) in [5, 5.41) is 3.44. The first-order valence-corrected chi connectivity index (χ1v) is 5.75. The SMILES string of the molecule is CC(C)CNc1ccc2c(c1)CCCO2. The zero-order valence-electron chi connectivity index (χ0n) is 9.55. The molecule has 15 heavy (non-hydrogen) atoms. The van der Waals surface area contributed by atoms with Gasteiger partial charge in [0.25, 0.3) is 0 Å². The third-order valence-corrected chi connectivity index (χ3v) is 2.62. The predicted molar refractivity (Wildman–Crippen MR) is 63.6 cm³/mol. The van der Waals surface area contributed by atoms with E-state index in [0.29, 0.717) is 5.92 Å². The molecule has 2 rings (SSSR count). The van der Waals surface area contributed by atoms with Crippen LogP contribution in [0.1, 0.15) is 25.8 Å². The van der Waals surface area contributed by atoms with Crippen molar-refractivity contribution in [3.8, 4) is 5.75 Å². The summed E-state index contributed by atoms with van der Waals surface area (Å²) in [5.41, 5.74) is 2.56. The monoisotopic (exact) mass is 205 g/mol. The highest BCUT2D eigenvalue weighted by atomic mass is 16.5. The van der Waals surface area contributed by atoms with Gasteiger partial charge in [0.05, 0.1) is 6.61 Å². The first-order chi connectivity index (χ1) is 7.25. The highest BCUT2D eigenvalue weighted by Gasteiger charge is 2.10. The van der Waals surface area contributed by atoms with E-state index < -0.39 is 0 Å². The second-order valence-electron chi connectivity index (χ2n) is 4.55. The van der Waals surface area contributed by atoms with Gasteiger partial charge in [-0.3, -0.25) is 0 Å². The fraction of sp³-hybridized carbons (Fsp3) is 0.538. The summed E-state index contributed by atoms with van der Waals surface area (Å²) in [4.78, 5) is 0. The number of nitrogens with one attached hydrogen (secondary N) is 1. The van der Waals surface area contributed by atoms with Gasteiger partial charge in [0.1, 0.15) is 5.75 Å². The summed E-state index contributed by atoms with van der Waals surface area (Å²) < 4.78 is 5.58. The fourth-order valence-electron chi connectivity index (χ4n) is 1.79. The zero-order valence-corrected chi connectivity index (χ0v) is 9.55. The van der Waals surface area contributed by atoms with Crippen LogP contribution in [0.4, 0.5) is 5.69 Å². The van der Waals surface area contributed by atoms with E-state index in [1.54, 1.807) is 0 Å². The molecule has 0 aromatic heterocycles. The number of fused-ring (bicyclic) bond motifs is 1.